The van der Waals surface area contributed by atoms with Crippen molar-refractivity contribution in [1.82, 2.24) is 0 Å². The monoisotopic (exact) mass is 236 g/mol. The first-order valence-electron chi connectivity index (χ1n) is 5.62. The summed E-state index contributed by atoms with van der Waals surface area (Å²) in [6.07, 6.45) is 3.32. The van der Waals surface area contributed by atoms with E-state index in [9.17, 15) is 0 Å². The van der Waals surface area contributed by atoms with Crippen molar-refractivity contribution < 1.29 is 9.16 Å². The quantitative estimate of drug-likeness (QED) is 0.550. The molecule has 88 valence electrons. The maximum Gasteiger partial charge on any atom is 0.244 e. The van der Waals surface area contributed by atoms with Crippen molar-refractivity contribution in [2.75, 3.05) is 0 Å². The zero-order valence-corrected chi connectivity index (χ0v) is 11.3. The Labute approximate surface area is 99.0 Å². The standard InChI is InChI=1S/C13H20O2Si/c1-4-16(2,3)15-11-10-14-12-13-8-6-5-7-9-13/h5-11H,4,12H2,1-3H3/b11-10+. The van der Waals surface area contributed by atoms with Crippen molar-refractivity contribution in [3.63, 3.8) is 0 Å². The Kier molecular flexibility index (Phi) is 5.12. The predicted molar refractivity (Wildman–Crippen MR) is 69.4 cm³/mol. The van der Waals surface area contributed by atoms with Crippen molar-refractivity contribution in [2.45, 2.75) is 32.7 Å². The summed E-state index contributed by atoms with van der Waals surface area (Å²) in [5.41, 5.74) is 1.17. The summed E-state index contributed by atoms with van der Waals surface area (Å²) < 4.78 is 11.0. The third kappa shape index (κ3) is 5.03. The second-order valence-corrected chi connectivity index (χ2v) is 8.76. The van der Waals surface area contributed by atoms with Gasteiger partial charge in [-0.25, -0.2) is 0 Å². The van der Waals surface area contributed by atoms with Gasteiger partial charge in [-0.15, -0.1) is 0 Å². The van der Waals surface area contributed by atoms with E-state index >= 15 is 0 Å². The molecule has 0 unspecified atom stereocenters. The van der Waals surface area contributed by atoms with Crippen molar-refractivity contribution in [2.24, 2.45) is 0 Å². The van der Waals surface area contributed by atoms with E-state index in [4.69, 9.17) is 9.16 Å². The van der Waals surface area contributed by atoms with Crippen LogP contribution in [0.5, 0.6) is 0 Å². The first-order chi connectivity index (χ1) is 7.64. The van der Waals surface area contributed by atoms with Crippen LogP contribution in [0.2, 0.25) is 19.1 Å². The van der Waals surface area contributed by atoms with E-state index in [0.29, 0.717) is 6.61 Å². The van der Waals surface area contributed by atoms with E-state index in [1.54, 1.807) is 12.5 Å². The summed E-state index contributed by atoms with van der Waals surface area (Å²) in [5, 5.41) is 0. The molecule has 16 heavy (non-hydrogen) atoms. The average molecular weight is 236 g/mol. The van der Waals surface area contributed by atoms with Gasteiger partial charge >= 0.3 is 0 Å². The van der Waals surface area contributed by atoms with Gasteiger partial charge in [-0.2, -0.15) is 0 Å². The van der Waals surface area contributed by atoms with Gasteiger partial charge in [-0.05, 0) is 24.7 Å². The fraction of sp³-hybridized carbons (Fsp3) is 0.385. The number of hydrogen-bond donors (Lipinski definition) is 0. The summed E-state index contributed by atoms with van der Waals surface area (Å²) in [5.74, 6) is 0. The van der Waals surface area contributed by atoms with E-state index in [0.717, 1.165) is 6.04 Å². The maximum atomic E-state index is 5.65. The van der Waals surface area contributed by atoms with Crippen molar-refractivity contribution >= 4 is 8.32 Å². The molecule has 1 aromatic rings. The topological polar surface area (TPSA) is 18.5 Å². The van der Waals surface area contributed by atoms with Crippen LogP contribution in [0, 0.1) is 0 Å². The van der Waals surface area contributed by atoms with E-state index in [1.807, 2.05) is 30.3 Å². The number of rotatable bonds is 6. The number of hydrogen-bond acceptors (Lipinski definition) is 2. The van der Waals surface area contributed by atoms with Gasteiger partial charge in [0.2, 0.25) is 8.32 Å². The van der Waals surface area contributed by atoms with Gasteiger partial charge in [-0.1, -0.05) is 37.3 Å². The molecule has 0 aromatic heterocycles. The average Bonchev–Trinajstić information content (AvgIpc) is 2.30. The highest BCUT2D eigenvalue weighted by Gasteiger charge is 2.18. The van der Waals surface area contributed by atoms with E-state index in [-0.39, 0.29) is 0 Å². The zero-order chi connectivity index (χ0) is 11.9. The van der Waals surface area contributed by atoms with Gasteiger partial charge < -0.3 is 9.16 Å². The van der Waals surface area contributed by atoms with Gasteiger partial charge in [0.05, 0.1) is 0 Å². The smallest absolute Gasteiger partial charge is 0.244 e. The van der Waals surface area contributed by atoms with E-state index in [1.165, 1.54) is 5.56 Å². The molecule has 0 atom stereocenters. The molecule has 2 nitrogen and oxygen atoms in total. The molecular formula is C13H20O2Si. The molecule has 0 saturated heterocycles. The molecule has 0 bridgehead atoms. The molecule has 1 rings (SSSR count). The first kappa shape index (κ1) is 12.8. The minimum absolute atomic E-state index is 0.592. The van der Waals surface area contributed by atoms with Crippen molar-refractivity contribution in [1.29, 1.82) is 0 Å². The third-order valence-corrected chi connectivity index (χ3v) is 4.96. The van der Waals surface area contributed by atoms with Crippen LogP contribution < -0.4 is 0 Å². The molecule has 0 heterocycles. The van der Waals surface area contributed by atoms with Crippen LogP contribution in [0.4, 0.5) is 0 Å². The van der Waals surface area contributed by atoms with Gasteiger partial charge in [0.1, 0.15) is 19.1 Å². The molecule has 0 aliphatic heterocycles. The lowest BCUT2D eigenvalue weighted by atomic mass is 10.2. The van der Waals surface area contributed by atoms with Crippen LogP contribution >= 0.6 is 0 Å². The Morgan fingerprint density at radius 2 is 1.81 bits per heavy atom. The SMILES string of the molecule is CC[Si](C)(C)O/C=C/OCc1ccccc1. The van der Waals surface area contributed by atoms with Crippen LogP contribution in [-0.4, -0.2) is 8.32 Å². The van der Waals surface area contributed by atoms with Gasteiger partial charge in [0.15, 0.2) is 0 Å². The Morgan fingerprint density at radius 3 is 2.44 bits per heavy atom. The predicted octanol–water partition coefficient (Wildman–Crippen LogP) is 3.92. The minimum atomic E-state index is -1.47. The summed E-state index contributed by atoms with van der Waals surface area (Å²) in [6.45, 7) is 7.13. The Bertz CT molecular complexity index is 320. The number of benzene rings is 1. The molecule has 0 saturated carbocycles. The normalized spacial score (nSPS) is 11.7. The van der Waals surface area contributed by atoms with Gasteiger partial charge in [-0.3, -0.25) is 0 Å². The molecule has 0 amide bonds. The van der Waals surface area contributed by atoms with E-state index < -0.39 is 8.32 Å². The maximum absolute atomic E-state index is 5.65. The lowest BCUT2D eigenvalue weighted by Gasteiger charge is -2.18. The highest BCUT2D eigenvalue weighted by Crippen LogP contribution is 2.10. The lowest BCUT2D eigenvalue weighted by Crippen LogP contribution is -2.26. The molecule has 0 fully saturated rings. The zero-order valence-electron chi connectivity index (χ0n) is 10.3. The van der Waals surface area contributed by atoms with Crippen LogP contribution in [-0.2, 0) is 15.8 Å². The number of ether oxygens (including phenoxy) is 1. The van der Waals surface area contributed by atoms with Crippen LogP contribution in [0.1, 0.15) is 12.5 Å². The largest absolute Gasteiger partial charge is 0.547 e. The molecule has 3 heteroatoms. The summed E-state index contributed by atoms with van der Waals surface area (Å²) >= 11 is 0. The molecule has 0 radical (unpaired) electrons. The molecule has 1 aromatic carbocycles. The second kappa shape index (κ2) is 6.38. The van der Waals surface area contributed by atoms with Crippen molar-refractivity contribution in [3.05, 3.63) is 48.4 Å². The van der Waals surface area contributed by atoms with Crippen LogP contribution in [0.25, 0.3) is 0 Å². The third-order valence-electron chi connectivity index (χ3n) is 2.48. The Balaban J connectivity index is 2.23. The minimum Gasteiger partial charge on any atom is -0.547 e. The van der Waals surface area contributed by atoms with Gasteiger partial charge in [0, 0.05) is 0 Å². The van der Waals surface area contributed by atoms with Crippen LogP contribution in [0.15, 0.2) is 42.9 Å². The molecule has 0 aliphatic carbocycles. The van der Waals surface area contributed by atoms with E-state index in [2.05, 4.69) is 20.0 Å². The van der Waals surface area contributed by atoms with Crippen molar-refractivity contribution in [3.8, 4) is 0 Å². The fourth-order valence-corrected chi connectivity index (χ4v) is 1.64. The molecule has 0 aliphatic rings. The van der Waals surface area contributed by atoms with Crippen LogP contribution in [0.3, 0.4) is 0 Å². The molecule has 0 spiro atoms. The highest BCUT2D eigenvalue weighted by atomic mass is 28.4. The summed E-state index contributed by atoms with van der Waals surface area (Å²) in [7, 11) is -1.47. The molecular weight excluding hydrogens is 216 g/mol. The summed E-state index contributed by atoms with van der Waals surface area (Å²) in [6, 6.07) is 11.2. The Hall–Kier alpha value is -1.22. The summed E-state index contributed by atoms with van der Waals surface area (Å²) in [4.78, 5) is 0. The lowest BCUT2D eigenvalue weighted by molar-refractivity contribution is 0.227. The molecule has 0 N–H and O–H groups in total. The van der Waals surface area contributed by atoms with Gasteiger partial charge in [0.25, 0.3) is 0 Å². The Morgan fingerprint density at radius 1 is 1.12 bits per heavy atom. The second-order valence-electron chi connectivity index (χ2n) is 4.30. The fourth-order valence-electron chi connectivity index (χ4n) is 1.05. The highest BCUT2D eigenvalue weighted by molar-refractivity contribution is 6.71. The first-order valence-corrected chi connectivity index (χ1v) is 8.74.